The fraction of sp³-hybridized carbons (Fsp3) is 0.312. The number of benzene rings is 1. The molecule has 0 fully saturated rings. The van der Waals surface area contributed by atoms with E-state index in [1.165, 1.54) is 6.07 Å². The number of aromatic nitrogens is 1. The number of hydrogen-bond acceptors (Lipinski definition) is 3. The van der Waals surface area contributed by atoms with Crippen LogP contribution in [0.3, 0.4) is 0 Å². The summed E-state index contributed by atoms with van der Waals surface area (Å²) in [6, 6.07) is 6.33. The molecule has 2 rings (SSSR count). The normalized spacial score (nSPS) is 12.2. The van der Waals surface area contributed by atoms with Crippen LogP contribution in [-0.2, 0) is 0 Å². The summed E-state index contributed by atoms with van der Waals surface area (Å²) >= 11 is 0. The van der Waals surface area contributed by atoms with Crippen molar-refractivity contribution in [3.63, 3.8) is 0 Å². The number of hydrogen-bond donors (Lipinski definition) is 1. The Balaban J connectivity index is 2.23. The summed E-state index contributed by atoms with van der Waals surface area (Å²) in [6.07, 6.45) is 3.26. The zero-order valence-corrected chi connectivity index (χ0v) is 11.6. The highest BCUT2D eigenvalue weighted by Gasteiger charge is 2.13. The number of pyridine rings is 1. The fourth-order valence-corrected chi connectivity index (χ4v) is 1.91. The van der Waals surface area contributed by atoms with Crippen LogP contribution in [0.25, 0.3) is 0 Å². The van der Waals surface area contributed by atoms with Crippen molar-refractivity contribution in [3.8, 4) is 5.75 Å². The predicted molar refractivity (Wildman–Crippen MR) is 75.2 cm³/mol. The van der Waals surface area contributed by atoms with E-state index in [1.54, 1.807) is 37.5 Å². The molecule has 0 spiro atoms. The second-order valence-electron chi connectivity index (χ2n) is 4.71. The number of nitrogens with zero attached hydrogens (tertiary/aromatic N) is 1. The molecule has 0 amide bonds. The Bertz CT molecular complexity index is 586. The van der Waals surface area contributed by atoms with Gasteiger partial charge < -0.3 is 9.84 Å². The molecule has 3 nitrogen and oxygen atoms in total. The fourth-order valence-electron chi connectivity index (χ4n) is 1.91. The minimum absolute atomic E-state index is 0.279. The topological polar surface area (TPSA) is 42.4 Å². The summed E-state index contributed by atoms with van der Waals surface area (Å²) in [5.74, 6) is 0.348. The van der Waals surface area contributed by atoms with Gasteiger partial charge in [-0.25, -0.2) is 4.39 Å². The van der Waals surface area contributed by atoms with E-state index in [0.29, 0.717) is 29.0 Å². The van der Waals surface area contributed by atoms with Crippen LogP contribution in [0.15, 0.2) is 36.7 Å². The van der Waals surface area contributed by atoms with Crippen LogP contribution in [0.1, 0.15) is 36.1 Å². The molecule has 1 aromatic carbocycles. The van der Waals surface area contributed by atoms with Gasteiger partial charge in [0.05, 0.1) is 12.8 Å². The molecule has 106 valence electrons. The first kappa shape index (κ1) is 14.5. The third-order valence-electron chi connectivity index (χ3n) is 3.02. The minimum Gasteiger partial charge on any atom is -0.492 e. The van der Waals surface area contributed by atoms with Gasteiger partial charge in [0, 0.05) is 11.8 Å². The smallest absolute Gasteiger partial charge is 0.137 e. The van der Waals surface area contributed by atoms with Gasteiger partial charge in [0.2, 0.25) is 0 Å². The molecule has 1 unspecified atom stereocenters. The van der Waals surface area contributed by atoms with Crippen molar-refractivity contribution >= 4 is 0 Å². The zero-order chi connectivity index (χ0) is 14.5. The monoisotopic (exact) mass is 275 g/mol. The second-order valence-corrected chi connectivity index (χ2v) is 4.71. The van der Waals surface area contributed by atoms with E-state index in [0.717, 1.165) is 6.42 Å². The number of rotatable bonds is 5. The summed E-state index contributed by atoms with van der Waals surface area (Å²) < 4.78 is 18.7. The molecule has 1 heterocycles. The summed E-state index contributed by atoms with van der Waals surface area (Å²) in [6.45, 7) is 4.30. The molecule has 1 N–H and O–H groups in total. The third-order valence-corrected chi connectivity index (χ3v) is 3.02. The van der Waals surface area contributed by atoms with Gasteiger partial charge >= 0.3 is 0 Å². The van der Waals surface area contributed by atoms with Gasteiger partial charge in [-0.15, -0.1) is 0 Å². The Morgan fingerprint density at radius 2 is 2.05 bits per heavy atom. The lowest BCUT2D eigenvalue weighted by molar-refractivity contribution is 0.218. The molecule has 0 bridgehead atoms. The van der Waals surface area contributed by atoms with Gasteiger partial charge in [-0.3, -0.25) is 4.98 Å². The van der Waals surface area contributed by atoms with E-state index in [1.807, 2.05) is 6.92 Å². The first-order valence-electron chi connectivity index (χ1n) is 6.63. The molecule has 20 heavy (non-hydrogen) atoms. The molecule has 2 aromatic rings. The number of halogens is 1. The Kier molecular flexibility index (Phi) is 4.69. The zero-order valence-electron chi connectivity index (χ0n) is 11.6. The van der Waals surface area contributed by atoms with Gasteiger partial charge in [0.1, 0.15) is 17.7 Å². The Morgan fingerprint density at radius 3 is 2.75 bits per heavy atom. The number of aliphatic hydroxyl groups excluding tert-OH is 1. The summed E-state index contributed by atoms with van der Waals surface area (Å²) in [4.78, 5) is 4.07. The SMILES string of the molecule is CCCOc1cncc(C(O)c2ccc(F)c(C)c2)c1. The minimum atomic E-state index is -0.841. The van der Waals surface area contributed by atoms with Crippen LogP contribution >= 0.6 is 0 Å². The molecule has 0 radical (unpaired) electrons. The highest BCUT2D eigenvalue weighted by molar-refractivity contribution is 5.34. The summed E-state index contributed by atoms with van der Waals surface area (Å²) in [7, 11) is 0. The van der Waals surface area contributed by atoms with E-state index < -0.39 is 6.10 Å². The second kappa shape index (κ2) is 6.48. The number of aryl methyl sites for hydroxylation is 1. The standard InChI is InChI=1S/C16H18FNO2/c1-3-6-20-14-8-13(9-18-10-14)16(19)12-4-5-15(17)11(2)7-12/h4-5,7-10,16,19H,3,6H2,1-2H3. The average molecular weight is 275 g/mol. The van der Waals surface area contributed by atoms with Crippen LogP contribution < -0.4 is 4.74 Å². The van der Waals surface area contributed by atoms with Crippen LogP contribution in [0.5, 0.6) is 5.75 Å². The molecule has 0 aliphatic heterocycles. The highest BCUT2D eigenvalue weighted by atomic mass is 19.1. The van der Waals surface area contributed by atoms with E-state index in [9.17, 15) is 9.50 Å². The van der Waals surface area contributed by atoms with Crippen LogP contribution in [0.2, 0.25) is 0 Å². The third kappa shape index (κ3) is 3.33. The first-order chi connectivity index (χ1) is 9.61. The maximum absolute atomic E-state index is 13.3. The maximum Gasteiger partial charge on any atom is 0.137 e. The molecule has 0 saturated heterocycles. The lowest BCUT2D eigenvalue weighted by atomic mass is 10.0. The van der Waals surface area contributed by atoms with Gasteiger partial charge in [0.15, 0.2) is 0 Å². The molecular formula is C16H18FNO2. The lowest BCUT2D eigenvalue weighted by Gasteiger charge is -2.13. The highest BCUT2D eigenvalue weighted by Crippen LogP contribution is 2.25. The van der Waals surface area contributed by atoms with E-state index >= 15 is 0 Å². The first-order valence-corrected chi connectivity index (χ1v) is 6.63. The maximum atomic E-state index is 13.3. The van der Waals surface area contributed by atoms with E-state index in [-0.39, 0.29) is 5.82 Å². The predicted octanol–water partition coefficient (Wildman–Crippen LogP) is 3.40. The molecule has 0 aliphatic carbocycles. The largest absolute Gasteiger partial charge is 0.492 e. The average Bonchev–Trinajstić information content (AvgIpc) is 2.47. The van der Waals surface area contributed by atoms with Crippen molar-refractivity contribution < 1.29 is 14.2 Å². The van der Waals surface area contributed by atoms with Crippen molar-refractivity contribution in [2.45, 2.75) is 26.4 Å². The molecule has 0 aliphatic rings. The van der Waals surface area contributed by atoms with Crippen LogP contribution in [-0.4, -0.2) is 16.7 Å². The number of aliphatic hydroxyl groups is 1. The van der Waals surface area contributed by atoms with Gasteiger partial charge in [-0.2, -0.15) is 0 Å². The molecule has 0 saturated carbocycles. The van der Waals surface area contributed by atoms with Gasteiger partial charge in [0.25, 0.3) is 0 Å². The van der Waals surface area contributed by atoms with Crippen LogP contribution in [0, 0.1) is 12.7 Å². The molecule has 4 heteroatoms. The van der Waals surface area contributed by atoms with Crippen LogP contribution in [0.4, 0.5) is 4.39 Å². The van der Waals surface area contributed by atoms with Gasteiger partial charge in [-0.05, 0) is 36.6 Å². The van der Waals surface area contributed by atoms with Crippen molar-refractivity contribution in [1.29, 1.82) is 0 Å². The Morgan fingerprint density at radius 1 is 1.25 bits per heavy atom. The van der Waals surface area contributed by atoms with Crippen molar-refractivity contribution in [2.75, 3.05) is 6.61 Å². The summed E-state index contributed by atoms with van der Waals surface area (Å²) in [5, 5.41) is 10.3. The van der Waals surface area contributed by atoms with E-state index in [2.05, 4.69) is 4.98 Å². The molecule has 1 aromatic heterocycles. The molecular weight excluding hydrogens is 257 g/mol. The quantitative estimate of drug-likeness (QED) is 0.909. The Hall–Kier alpha value is -1.94. The van der Waals surface area contributed by atoms with Crippen molar-refractivity contribution in [2.24, 2.45) is 0 Å². The summed E-state index contributed by atoms with van der Waals surface area (Å²) in [5.41, 5.74) is 1.77. The Labute approximate surface area is 118 Å². The van der Waals surface area contributed by atoms with Crippen molar-refractivity contribution in [3.05, 3.63) is 59.2 Å². The lowest BCUT2D eigenvalue weighted by Crippen LogP contribution is -2.03. The van der Waals surface area contributed by atoms with E-state index in [4.69, 9.17) is 4.74 Å². The number of ether oxygens (including phenoxy) is 1. The van der Waals surface area contributed by atoms with Gasteiger partial charge in [-0.1, -0.05) is 19.1 Å². The van der Waals surface area contributed by atoms with Crippen molar-refractivity contribution in [1.82, 2.24) is 4.98 Å². The molecule has 1 atom stereocenters.